The molecule has 0 atom stereocenters. The molecule has 0 spiro atoms. The number of hydrogen-bond acceptors (Lipinski definition) is 6. The van der Waals surface area contributed by atoms with Gasteiger partial charge in [0.05, 0.1) is 13.3 Å². The van der Waals surface area contributed by atoms with E-state index in [0.717, 1.165) is 0 Å². The van der Waals surface area contributed by atoms with Gasteiger partial charge in [0.2, 0.25) is 5.82 Å². The van der Waals surface area contributed by atoms with Gasteiger partial charge in [0.25, 0.3) is 15.9 Å². The number of rotatable bonds is 4. The van der Waals surface area contributed by atoms with Crippen LogP contribution in [0, 0.1) is 0 Å². The number of sulfonamides is 1. The lowest BCUT2D eigenvalue weighted by Gasteiger charge is -2.11. The van der Waals surface area contributed by atoms with Crippen LogP contribution in [-0.2, 0) is 10.0 Å². The highest BCUT2D eigenvalue weighted by Gasteiger charge is 2.21. The molecule has 21 heavy (non-hydrogen) atoms. The van der Waals surface area contributed by atoms with Gasteiger partial charge in [-0.2, -0.15) is 0 Å². The molecule has 10 heteroatoms. The first-order chi connectivity index (χ1) is 9.83. The van der Waals surface area contributed by atoms with Gasteiger partial charge >= 0.3 is 0 Å². The Morgan fingerprint density at radius 3 is 2.71 bits per heavy atom. The minimum atomic E-state index is -3.87. The summed E-state index contributed by atoms with van der Waals surface area (Å²) in [7, 11) is -2.49. The van der Waals surface area contributed by atoms with E-state index in [9.17, 15) is 8.42 Å². The molecule has 112 valence electrons. The molecule has 1 aromatic heterocycles. The fraction of sp³-hybridized carbons (Fsp3) is 0.0909. The Kier molecular flexibility index (Phi) is 5.12. The first kappa shape index (κ1) is 16.5. The standard InChI is InChI=1S/C11H9Br2N3O3S2/c1-19-11-10(14-5-9(13)15-11)16-21(17,18)8-4-6(12)2-3-7(8)20/h2-5,20H,1H3,(H,14,16). The van der Waals surface area contributed by atoms with E-state index >= 15 is 0 Å². The predicted molar refractivity (Wildman–Crippen MR) is 88.5 cm³/mol. The van der Waals surface area contributed by atoms with E-state index in [2.05, 4.69) is 59.2 Å². The molecule has 0 bridgehead atoms. The maximum Gasteiger partial charge on any atom is 0.264 e. The van der Waals surface area contributed by atoms with Gasteiger partial charge in [0.1, 0.15) is 9.50 Å². The molecule has 0 saturated heterocycles. The third-order valence-corrected chi connectivity index (χ3v) is 5.14. The van der Waals surface area contributed by atoms with E-state index in [1.54, 1.807) is 12.1 Å². The minimum Gasteiger partial charge on any atom is -0.478 e. The summed E-state index contributed by atoms with van der Waals surface area (Å²) in [5.74, 6) is 0.0528. The lowest BCUT2D eigenvalue weighted by Crippen LogP contribution is -2.16. The second-order valence-corrected chi connectivity index (χ2v) is 7.63. The highest BCUT2D eigenvalue weighted by Crippen LogP contribution is 2.28. The molecule has 0 aliphatic rings. The van der Waals surface area contributed by atoms with Crippen LogP contribution in [0.2, 0.25) is 0 Å². The van der Waals surface area contributed by atoms with Gasteiger partial charge in [-0.3, -0.25) is 4.72 Å². The second kappa shape index (κ2) is 6.51. The SMILES string of the molecule is COc1nc(Br)cnc1NS(=O)(=O)c1cc(Br)ccc1S. The molecule has 2 rings (SSSR count). The molecule has 6 nitrogen and oxygen atoms in total. The Labute approximate surface area is 144 Å². The molecule has 0 radical (unpaired) electrons. The predicted octanol–water partition coefficient (Wildman–Crippen LogP) is 3.10. The van der Waals surface area contributed by atoms with Crippen molar-refractivity contribution in [2.24, 2.45) is 0 Å². The van der Waals surface area contributed by atoms with Crippen molar-refractivity contribution >= 4 is 60.3 Å². The van der Waals surface area contributed by atoms with Crippen LogP contribution in [0.5, 0.6) is 5.88 Å². The van der Waals surface area contributed by atoms with Gasteiger partial charge in [-0.25, -0.2) is 18.4 Å². The van der Waals surface area contributed by atoms with Crippen LogP contribution in [0.1, 0.15) is 0 Å². The Hall–Kier alpha value is -0.840. The van der Waals surface area contributed by atoms with Crippen LogP contribution in [0.4, 0.5) is 5.82 Å². The lowest BCUT2D eigenvalue weighted by atomic mass is 10.4. The van der Waals surface area contributed by atoms with E-state index in [-0.39, 0.29) is 16.6 Å². The molecule has 1 heterocycles. The van der Waals surface area contributed by atoms with Crippen molar-refractivity contribution in [2.45, 2.75) is 9.79 Å². The summed E-state index contributed by atoms with van der Waals surface area (Å²) in [6.45, 7) is 0. The summed E-state index contributed by atoms with van der Waals surface area (Å²) < 4.78 is 33.2. The zero-order chi connectivity index (χ0) is 15.6. The fourth-order valence-electron chi connectivity index (χ4n) is 1.45. The second-order valence-electron chi connectivity index (χ2n) is 3.77. The first-order valence-corrected chi connectivity index (χ1v) is 8.93. The third kappa shape index (κ3) is 3.87. The summed E-state index contributed by atoms with van der Waals surface area (Å²) in [6.07, 6.45) is 1.36. The summed E-state index contributed by atoms with van der Waals surface area (Å²) in [5.41, 5.74) is 0. The minimum absolute atomic E-state index is 0.00610. The number of halogens is 2. The number of anilines is 1. The molecule has 2 aromatic rings. The van der Waals surface area contributed by atoms with Crippen molar-refractivity contribution in [1.29, 1.82) is 0 Å². The first-order valence-electron chi connectivity index (χ1n) is 5.41. The average molecular weight is 455 g/mol. The van der Waals surface area contributed by atoms with E-state index in [1.807, 2.05) is 0 Å². The molecular weight excluding hydrogens is 446 g/mol. The monoisotopic (exact) mass is 453 g/mol. The summed E-state index contributed by atoms with van der Waals surface area (Å²) in [6, 6.07) is 4.72. The zero-order valence-corrected chi connectivity index (χ0v) is 15.4. The van der Waals surface area contributed by atoms with Crippen molar-refractivity contribution in [3.05, 3.63) is 33.5 Å². The molecule has 0 aliphatic carbocycles. The number of benzene rings is 1. The smallest absolute Gasteiger partial charge is 0.264 e. The summed E-state index contributed by atoms with van der Waals surface area (Å²) in [4.78, 5) is 8.27. The average Bonchev–Trinajstić information content (AvgIpc) is 2.43. The number of hydrogen-bond donors (Lipinski definition) is 2. The maximum atomic E-state index is 12.4. The van der Waals surface area contributed by atoms with E-state index in [1.165, 1.54) is 19.4 Å². The van der Waals surface area contributed by atoms with Crippen LogP contribution >= 0.6 is 44.5 Å². The van der Waals surface area contributed by atoms with Crippen molar-refractivity contribution in [2.75, 3.05) is 11.8 Å². The highest BCUT2D eigenvalue weighted by atomic mass is 79.9. The topological polar surface area (TPSA) is 81.2 Å². The lowest BCUT2D eigenvalue weighted by molar-refractivity contribution is 0.397. The maximum absolute atomic E-state index is 12.4. The van der Waals surface area contributed by atoms with E-state index in [4.69, 9.17) is 4.74 Å². The number of thiol groups is 1. The fourth-order valence-corrected chi connectivity index (χ4v) is 3.86. The van der Waals surface area contributed by atoms with Gasteiger partial charge in [-0.15, -0.1) is 12.6 Å². The molecule has 0 unspecified atom stereocenters. The van der Waals surface area contributed by atoms with Gasteiger partial charge in [-0.05, 0) is 34.1 Å². The molecular formula is C11H9Br2N3O3S2. The number of aromatic nitrogens is 2. The normalized spacial score (nSPS) is 11.2. The Bertz CT molecular complexity index is 784. The van der Waals surface area contributed by atoms with Crippen LogP contribution in [0.15, 0.2) is 43.3 Å². The van der Waals surface area contributed by atoms with Gasteiger partial charge in [0, 0.05) is 9.37 Å². The van der Waals surface area contributed by atoms with Crippen LogP contribution in [0.25, 0.3) is 0 Å². The zero-order valence-electron chi connectivity index (χ0n) is 10.5. The van der Waals surface area contributed by atoms with E-state index in [0.29, 0.717) is 14.0 Å². The van der Waals surface area contributed by atoms with Gasteiger partial charge < -0.3 is 4.74 Å². The molecule has 0 amide bonds. The van der Waals surface area contributed by atoms with Crippen LogP contribution < -0.4 is 9.46 Å². The summed E-state index contributed by atoms with van der Waals surface area (Å²) in [5, 5.41) is 0. The van der Waals surface area contributed by atoms with E-state index < -0.39 is 10.0 Å². The molecule has 0 aliphatic heterocycles. The van der Waals surface area contributed by atoms with Crippen LogP contribution in [-0.4, -0.2) is 25.5 Å². The molecule has 1 N–H and O–H groups in total. The molecule has 1 aromatic carbocycles. The molecule has 0 saturated carbocycles. The van der Waals surface area contributed by atoms with Crippen molar-refractivity contribution in [3.8, 4) is 5.88 Å². The number of nitrogens with one attached hydrogen (secondary N) is 1. The van der Waals surface area contributed by atoms with Gasteiger partial charge in [-0.1, -0.05) is 15.9 Å². The highest BCUT2D eigenvalue weighted by molar-refractivity contribution is 9.10. The Morgan fingerprint density at radius 2 is 2.05 bits per heavy atom. The Balaban J connectivity index is 2.45. The van der Waals surface area contributed by atoms with Crippen molar-refractivity contribution in [3.63, 3.8) is 0 Å². The summed E-state index contributed by atoms with van der Waals surface area (Å²) >= 11 is 10.5. The quantitative estimate of drug-likeness (QED) is 0.693. The number of nitrogens with zero attached hydrogens (tertiary/aromatic N) is 2. The largest absolute Gasteiger partial charge is 0.478 e. The van der Waals surface area contributed by atoms with Gasteiger partial charge in [0.15, 0.2) is 0 Å². The number of ether oxygens (including phenoxy) is 1. The third-order valence-electron chi connectivity index (χ3n) is 2.35. The number of methoxy groups -OCH3 is 1. The van der Waals surface area contributed by atoms with Crippen molar-refractivity contribution in [1.82, 2.24) is 9.97 Å². The van der Waals surface area contributed by atoms with Crippen LogP contribution in [0.3, 0.4) is 0 Å². The Morgan fingerprint density at radius 1 is 1.33 bits per heavy atom. The van der Waals surface area contributed by atoms with Crippen molar-refractivity contribution < 1.29 is 13.2 Å². The molecule has 0 fully saturated rings.